The van der Waals surface area contributed by atoms with Crippen molar-refractivity contribution in [1.82, 2.24) is 19.5 Å². The summed E-state index contributed by atoms with van der Waals surface area (Å²) in [6.45, 7) is 7.90. The van der Waals surface area contributed by atoms with Gasteiger partial charge in [0.1, 0.15) is 24.2 Å². The zero-order valence-electron chi connectivity index (χ0n) is 18.4. The van der Waals surface area contributed by atoms with Crippen LogP contribution in [0.3, 0.4) is 0 Å². The number of aromatic nitrogens is 4. The predicted octanol–water partition coefficient (Wildman–Crippen LogP) is 5.33. The van der Waals surface area contributed by atoms with Crippen LogP contribution in [0.1, 0.15) is 22.5 Å². The van der Waals surface area contributed by atoms with Crippen molar-refractivity contribution >= 4 is 17.4 Å². The van der Waals surface area contributed by atoms with E-state index in [1.165, 1.54) is 6.33 Å². The number of ether oxygens (including phenoxy) is 1. The Morgan fingerprint density at radius 2 is 1.69 bits per heavy atom. The number of imidazole rings is 1. The molecule has 4 aromatic rings. The predicted molar refractivity (Wildman–Crippen MR) is 124 cm³/mol. The Labute approximate surface area is 186 Å². The highest BCUT2D eigenvalue weighted by molar-refractivity contribution is 6.00. The number of amides is 2. The van der Waals surface area contributed by atoms with Gasteiger partial charge in [-0.05, 0) is 63.6 Å². The Hall–Kier alpha value is -4.20. The van der Waals surface area contributed by atoms with Crippen LogP contribution in [0.15, 0.2) is 61.2 Å². The topological polar surface area (TPSA) is 94.0 Å². The van der Waals surface area contributed by atoms with E-state index < -0.39 is 0 Å². The number of carbonyl (C=O) groups excluding carboxylic acids is 1. The summed E-state index contributed by atoms with van der Waals surface area (Å²) in [5, 5.41) is 5.68. The lowest BCUT2D eigenvalue weighted by molar-refractivity contribution is 0.262. The highest BCUT2D eigenvalue weighted by Gasteiger charge is 2.09. The molecule has 8 nitrogen and oxygen atoms in total. The van der Waals surface area contributed by atoms with Crippen LogP contribution in [0.5, 0.6) is 11.6 Å². The van der Waals surface area contributed by atoms with Crippen LogP contribution in [-0.4, -0.2) is 25.6 Å². The Bertz CT molecular complexity index is 1260. The molecule has 0 aliphatic rings. The molecule has 0 unspecified atom stereocenters. The van der Waals surface area contributed by atoms with E-state index in [-0.39, 0.29) is 6.03 Å². The highest BCUT2D eigenvalue weighted by Crippen LogP contribution is 2.23. The number of nitrogens with one attached hydrogen (secondary N) is 2. The number of nitrogens with zero attached hydrogens (tertiary/aromatic N) is 4. The molecular formula is C24H24N6O2. The molecule has 0 spiro atoms. The number of aryl methyl sites for hydroxylation is 3. The van der Waals surface area contributed by atoms with E-state index in [4.69, 9.17) is 4.74 Å². The van der Waals surface area contributed by atoms with Crippen molar-refractivity contribution in [3.05, 3.63) is 83.7 Å². The summed E-state index contributed by atoms with van der Waals surface area (Å²) in [6, 6.07) is 14.4. The molecule has 0 bridgehead atoms. The molecule has 2 amide bonds. The number of benzene rings is 2. The van der Waals surface area contributed by atoms with Gasteiger partial charge in [-0.15, -0.1) is 0 Å². The number of urea groups is 1. The van der Waals surface area contributed by atoms with Gasteiger partial charge in [-0.1, -0.05) is 17.7 Å². The first-order valence-corrected chi connectivity index (χ1v) is 10.1. The van der Waals surface area contributed by atoms with Crippen LogP contribution < -0.4 is 15.4 Å². The molecular weight excluding hydrogens is 404 g/mol. The van der Waals surface area contributed by atoms with Gasteiger partial charge in [0.15, 0.2) is 0 Å². The summed E-state index contributed by atoms with van der Waals surface area (Å²) < 4.78 is 7.74. The second-order valence-electron chi connectivity index (χ2n) is 7.52. The largest absolute Gasteiger partial charge is 0.439 e. The quantitative estimate of drug-likeness (QED) is 0.448. The van der Waals surface area contributed by atoms with Gasteiger partial charge in [-0.2, -0.15) is 0 Å². The minimum atomic E-state index is -0.308. The van der Waals surface area contributed by atoms with E-state index in [0.29, 0.717) is 23.1 Å². The van der Waals surface area contributed by atoms with Crippen molar-refractivity contribution < 1.29 is 9.53 Å². The van der Waals surface area contributed by atoms with E-state index in [2.05, 4.69) is 25.6 Å². The summed E-state index contributed by atoms with van der Waals surface area (Å²) in [5.74, 6) is 1.68. The monoisotopic (exact) mass is 428 g/mol. The van der Waals surface area contributed by atoms with Crippen LogP contribution >= 0.6 is 0 Å². The van der Waals surface area contributed by atoms with Crippen LogP contribution in [0.25, 0.3) is 5.82 Å². The van der Waals surface area contributed by atoms with Gasteiger partial charge in [-0.25, -0.2) is 19.7 Å². The van der Waals surface area contributed by atoms with Gasteiger partial charge >= 0.3 is 6.03 Å². The lowest BCUT2D eigenvalue weighted by atomic mass is 10.1. The summed E-state index contributed by atoms with van der Waals surface area (Å²) in [6.07, 6.45) is 3.17. The van der Waals surface area contributed by atoms with Gasteiger partial charge in [-0.3, -0.25) is 4.57 Å². The number of carbonyl (C=O) groups is 1. The van der Waals surface area contributed by atoms with Crippen molar-refractivity contribution in [3.63, 3.8) is 0 Å². The van der Waals surface area contributed by atoms with Gasteiger partial charge in [0.25, 0.3) is 0 Å². The van der Waals surface area contributed by atoms with E-state index >= 15 is 0 Å². The number of hydrogen-bond acceptors (Lipinski definition) is 5. The third-order valence-corrected chi connectivity index (χ3v) is 5.09. The van der Waals surface area contributed by atoms with Crippen molar-refractivity contribution in [2.24, 2.45) is 0 Å². The molecule has 2 aromatic heterocycles. The van der Waals surface area contributed by atoms with Crippen LogP contribution in [0.4, 0.5) is 16.2 Å². The first-order chi connectivity index (χ1) is 15.4. The molecule has 2 N–H and O–H groups in total. The molecule has 0 aliphatic heterocycles. The van der Waals surface area contributed by atoms with Crippen molar-refractivity contribution in [2.45, 2.75) is 27.7 Å². The number of hydrogen-bond donors (Lipinski definition) is 2. The van der Waals surface area contributed by atoms with Crippen molar-refractivity contribution in [1.29, 1.82) is 0 Å². The molecule has 0 saturated carbocycles. The molecule has 162 valence electrons. The summed E-state index contributed by atoms with van der Waals surface area (Å²) in [7, 11) is 0. The average Bonchev–Trinajstić information content (AvgIpc) is 3.10. The van der Waals surface area contributed by atoms with E-state index in [9.17, 15) is 4.79 Å². The second kappa shape index (κ2) is 8.89. The highest BCUT2D eigenvalue weighted by atomic mass is 16.5. The summed E-state index contributed by atoms with van der Waals surface area (Å²) in [4.78, 5) is 25.1. The van der Waals surface area contributed by atoms with Gasteiger partial charge in [0.05, 0.1) is 5.69 Å². The molecule has 0 atom stereocenters. The molecule has 0 radical (unpaired) electrons. The molecule has 0 saturated heterocycles. The van der Waals surface area contributed by atoms with Gasteiger partial charge in [0.2, 0.25) is 5.88 Å². The second-order valence-corrected chi connectivity index (χ2v) is 7.52. The van der Waals surface area contributed by atoms with Gasteiger partial charge < -0.3 is 15.4 Å². The third-order valence-electron chi connectivity index (χ3n) is 5.09. The zero-order valence-corrected chi connectivity index (χ0v) is 18.4. The standard InChI is InChI=1S/C24H24N6O2/c1-15-5-10-21(16(2)11-15)29-24(31)28-19-6-8-20(9-7-19)32-23-12-22(25-13-26-23)30-14-27-17(3)18(30)4/h5-14H,1-4H3,(H2,28,29,31). The van der Waals surface area contributed by atoms with Crippen LogP contribution in [0, 0.1) is 27.7 Å². The first-order valence-electron chi connectivity index (χ1n) is 10.1. The van der Waals surface area contributed by atoms with Crippen LogP contribution in [0.2, 0.25) is 0 Å². The number of rotatable bonds is 5. The lowest BCUT2D eigenvalue weighted by Gasteiger charge is -2.11. The summed E-state index contributed by atoms with van der Waals surface area (Å²) in [5.41, 5.74) is 5.52. The maximum absolute atomic E-state index is 12.3. The molecule has 2 aromatic carbocycles. The summed E-state index contributed by atoms with van der Waals surface area (Å²) >= 11 is 0. The molecule has 0 fully saturated rings. The molecule has 2 heterocycles. The molecule has 0 aliphatic carbocycles. The Balaban J connectivity index is 1.40. The third kappa shape index (κ3) is 4.75. The Morgan fingerprint density at radius 1 is 0.906 bits per heavy atom. The molecule has 4 rings (SSSR count). The minimum Gasteiger partial charge on any atom is -0.439 e. The first kappa shape index (κ1) is 21.0. The fraction of sp³-hybridized carbons (Fsp3) is 0.167. The fourth-order valence-corrected chi connectivity index (χ4v) is 3.21. The normalized spacial score (nSPS) is 10.6. The lowest BCUT2D eigenvalue weighted by Crippen LogP contribution is -2.19. The Kier molecular flexibility index (Phi) is 5.85. The smallest absolute Gasteiger partial charge is 0.323 e. The maximum atomic E-state index is 12.3. The maximum Gasteiger partial charge on any atom is 0.323 e. The molecule has 8 heteroatoms. The van der Waals surface area contributed by atoms with Crippen molar-refractivity contribution in [3.8, 4) is 17.4 Å². The SMILES string of the molecule is Cc1ccc(NC(=O)Nc2ccc(Oc3cc(-n4cnc(C)c4C)ncn3)cc2)c(C)c1. The van der Waals surface area contributed by atoms with E-state index in [1.807, 2.05) is 50.5 Å². The minimum absolute atomic E-state index is 0.308. The van der Waals surface area contributed by atoms with E-state index in [0.717, 1.165) is 28.2 Å². The van der Waals surface area contributed by atoms with E-state index in [1.54, 1.807) is 36.7 Å². The van der Waals surface area contributed by atoms with Crippen LogP contribution in [-0.2, 0) is 0 Å². The fourth-order valence-electron chi connectivity index (χ4n) is 3.21. The van der Waals surface area contributed by atoms with Crippen molar-refractivity contribution in [2.75, 3.05) is 10.6 Å². The molecule has 32 heavy (non-hydrogen) atoms. The average molecular weight is 428 g/mol. The van der Waals surface area contributed by atoms with Gasteiger partial charge in [0, 0.05) is 23.1 Å². The Morgan fingerprint density at radius 3 is 2.38 bits per heavy atom. The number of anilines is 2. The zero-order chi connectivity index (χ0) is 22.7.